The van der Waals surface area contributed by atoms with E-state index in [1.807, 2.05) is 66.7 Å². The minimum absolute atomic E-state index is 0.0452. The summed E-state index contributed by atoms with van der Waals surface area (Å²) in [4.78, 5) is 13.2. The molecule has 3 aromatic carbocycles. The third-order valence-corrected chi connectivity index (χ3v) is 6.43. The molecule has 1 unspecified atom stereocenters. The predicted molar refractivity (Wildman–Crippen MR) is 125 cm³/mol. The van der Waals surface area contributed by atoms with Gasteiger partial charge in [-0.1, -0.05) is 78.9 Å². The number of benzene rings is 3. The third-order valence-electron chi connectivity index (χ3n) is 6.43. The van der Waals surface area contributed by atoms with E-state index >= 15 is 0 Å². The van der Waals surface area contributed by atoms with Crippen molar-refractivity contribution < 1.29 is 14.6 Å². The van der Waals surface area contributed by atoms with Crippen LogP contribution in [-0.2, 0) is 21.6 Å². The fourth-order valence-corrected chi connectivity index (χ4v) is 4.54. The number of aliphatic hydroxyl groups excluding tert-OH is 1. The number of nitrogens with one attached hydrogen (secondary N) is 1. The van der Waals surface area contributed by atoms with E-state index in [1.54, 1.807) is 0 Å². The summed E-state index contributed by atoms with van der Waals surface area (Å²) >= 11 is 0. The standard InChI is InChI=1S/C28H27NO3/c30-25-19-28(22-11-5-2-6-12-22,18-17-20-9-3-1-4-10-20)32-27(31)26(25)29-24-14-8-7-13-23(24)21-15-16-21/h1-14,21,29-30H,15-19H2. The van der Waals surface area contributed by atoms with Crippen LogP contribution in [0, 0.1) is 0 Å². The Morgan fingerprint density at radius 3 is 2.25 bits per heavy atom. The van der Waals surface area contributed by atoms with Gasteiger partial charge in [0.05, 0.1) is 6.42 Å². The smallest absolute Gasteiger partial charge is 0.359 e. The molecule has 4 heteroatoms. The highest BCUT2D eigenvalue weighted by Gasteiger charge is 2.43. The van der Waals surface area contributed by atoms with Crippen molar-refractivity contribution in [2.24, 2.45) is 0 Å². The number of rotatable bonds is 7. The van der Waals surface area contributed by atoms with E-state index in [-0.39, 0.29) is 17.9 Å². The first-order chi connectivity index (χ1) is 15.6. The van der Waals surface area contributed by atoms with Gasteiger partial charge in [0.2, 0.25) is 0 Å². The highest BCUT2D eigenvalue weighted by atomic mass is 16.6. The number of aliphatic hydroxyl groups is 1. The largest absolute Gasteiger partial charge is 0.510 e. The van der Waals surface area contributed by atoms with Crippen LogP contribution in [0.25, 0.3) is 0 Å². The van der Waals surface area contributed by atoms with Gasteiger partial charge >= 0.3 is 5.97 Å². The number of ether oxygens (including phenoxy) is 1. The monoisotopic (exact) mass is 425 g/mol. The van der Waals surface area contributed by atoms with Gasteiger partial charge in [-0.15, -0.1) is 0 Å². The molecule has 4 nitrogen and oxygen atoms in total. The number of cyclic esters (lactones) is 1. The lowest BCUT2D eigenvalue weighted by Gasteiger charge is -2.38. The topological polar surface area (TPSA) is 58.6 Å². The SMILES string of the molecule is O=C1OC(CCc2ccccc2)(c2ccccc2)CC(O)=C1Nc1ccccc1C1CC1. The second-order valence-corrected chi connectivity index (χ2v) is 8.72. The molecule has 32 heavy (non-hydrogen) atoms. The van der Waals surface area contributed by atoms with Gasteiger partial charge in [0.1, 0.15) is 11.4 Å². The molecule has 0 radical (unpaired) electrons. The maximum atomic E-state index is 13.2. The van der Waals surface area contributed by atoms with E-state index < -0.39 is 11.6 Å². The summed E-state index contributed by atoms with van der Waals surface area (Å²) in [5.74, 6) is 0.0513. The van der Waals surface area contributed by atoms with Crippen molar-refractivity contribution in [3.05, 3.63) is 113 Å². The Morgan fingerprint density at radius 2 is 1.56 bits per heavy atom. The zero-order chi connectivity index (χ0) is 22.0. The summed E-state index contributed by atoms with van der Waals surface area (Å²) in [6.45, 7) is 0. The minimum Gasteiger partial charge on any atom is -0.510 e. The number of hydrogen-bond donors (Lipinski definition) is 2. The molecule has 162 valence electrons. The second kappa shape index (κ2) is 8.54. The quantitative estimate of drug-likeness (QED) is 0.441. The van der Waals surface area contributed by atoms with Crippen LogP contribution in [0.2, 0.25) is 0 Å². The molecule has 0 aromatic heterocycles. The van der Waals surface area contributed by atoms with Gasteiger partial charge in [0.15, 0.2) is 5.70 Å². The van der Waals surface area contributed by atoms with Crippen molar-refractivity contribution in [3.63, 3.8) is 0 Å². The Kier molecular flexibility index (Phi) is 5.44. The van der Waals surface area contributed by atoms with E-state index in [1.165, 1.54) is 11.1 Å². The summed E-state index contributed by atoms with van der Waals surface area (Å²) in [5.41, 5.74) is 3.36. The Hall–Kier alpha value is -3.53. The van der Waals surface area contributed by atoms with E-state index in [0.29, 0.717) is 12.3 Å². The van der Waals surface area contributed by atoms with E-state index in [2.05, 4.69) is 23.5 Å². The van der Waals surface area contributed by atoms with Crippen molar-refractivity contribution in [3.8, 4) is 0 Å². The molecular weight excluding hydrogens is 398 g/mol. The molecule has 2 aliphatic rings. The van der Waals surface area contributed by atoms with Crippen LogP contribution in [0.5, 0.6) is 0 Å². The van der Waals surface area contributed by atoms with Gasteiger partial charge in [-0.3, -0.25) is 0 Å². The van der Waals surface area contributed by atoms with E-state index in [4.69, 9.17) is 4.74 Å². The molecule has 5 rings (SSSR count). The van der Waals surface area contributed by atoms with Crippen molar-refractivity contribution in [2.45, 2.75) is 43.6 Å². The normalized spacial score (nSPS) is 20.7. The van der Waals surface area contributed by atoms with E-state index in [0.717, 1.165) is 30.5 Å². The van der Waals surface area contributed by atoms with Gasteiger partial charge in [0, 0.05) is 5.69 Å². The summed E-state index contributed by atoms with van der Waals surface area (Å²) in [6, 6.07) is 27.9. The lowest BCUT2D eigenvalue weighted by molar-refractivity contribution is -0.161. The molecule has 0 saturated heterocycles. The van der Waals surface area contributed by atoms with Gasteiger partial charge < -0.3 is 15.2 Å². The number of carbonyl (C=O) groups is 1. The van der Waals surface area contributed by atoms with Crippen molar-refractivity contribution in [1.29, 1.82) is 0 Å². The first-order valence-corrected chi connectivity index (χ1v) is 11.3. The third kappa shape index (κ3) is 4.13. The molecule has 0 bridgehead atoms. The summed E-state index contributed by atoms with van der Waals surface area (Å²) in [5, 5.41) is 14.2. The van der Waals surface area contributed by atoms with Crippen LogP contribution in [0.4, 0.5) is 5.69 Å². The molecule has 1 heterocycles. The van der Waals surface area contributed by atoms with Crippen LogP contribution < -0.4 is 5.32 Å². The molecule has 0 amide bonds. The zero-order valence-electron chi connectivity index (χ0n) is 18.0. The highest BCUT2D eigenvalue weighted by Crippen LogP contribution is 2.45. The van der Waals surface area contributed by atoms with E-state index in [9.17, 15) is 9.90 Å². The summed E-state index contributed by atoms with van der Waals surface area (Å²) in [6.07, 6.45) is 3.88. The number of anilines is 1. The predicted octanol–water partition coefficient (Wildman–Crippen LogP) is 6.22. The highest BCUT2D eigenvalue weighted by molar-refractivity contribution is 5.94. The number of hydrogen-bond acceptors (Lipinski definition) is 4. The maximum absolute atomic E-state index is 13.2. The van der Waals surface area contributed by atoms with Gasteiger partial charge in [0.25, 0.3) is 0 Å². The number of para-hydroxylation sites is 1. The summed E-state index contributed by atoms with van der Waals surface area (Å²) in [7, 11) is 0. The minimum atomic E-state index is -0.903. The molecule has 1 saturated carbocycles. The van der Waals surface area contributed by atoms with Gasteiger partial charge in [-0.25, -0.2) is 4.79 Å². The first kappa shape index (κ1) is 20.4. The van der Waals surface area contributed by atoms with Crippen LogP contribution in [0.3, 0.4) is 0 Å². The molecular formula is C28H27NO3. The van der Waals surface area contributed by atoms with Crippen LogP contribution in [-0.4, -0.2) is 11.1 Å². The molecule has 1 fully saturated rings. The Bertz CT molecular complexity index is 1140. The molecule has 3 aromatic rings. The van der Waals surface area contributed by atoms with Crippen LogP contribution >= 0.6 is 0 Å². The second-order valence-electron chi connectivity index (χ2n) is 8.72. The molecule has 1 atom stereocenters. The number of carbonyl (C=O) groups excluding carboxylic acids is 1. The fourth-order valence-electron chi connectivity index (χ4n) is 4.54. The van der Waals surface area contributed by atoms with Crippen LogP contribution in [0.1, 0.15) is 48.3 Å². The van der Waals surface area contributed by atoms with Gasteiger partial charge in [-0.2, -0.15) is 0 Å². The average Bonchev–Trinajstić information content (AvgIpc) is 3.67. The zero-order valence-corrected chi connectivity index (χ0v) is 18.0. The Morgan fingerprint density at radius 1 is 0.906 bits per heavy atom. The van der Waals surface area contributed by atoms with Crippen LogP contribution in [0.15, 0.2) is 96.4 Å². The molecule has 0 spiro atoms. The Balaban J connectivity index is 1.45. The molecule has 2 N–H and O–H groups in total. The molecule has 1 aliphatic carbocycles. The number of esters is 1. The fraction of sp³-hybridized carbons (Fsp3) is 0.250. The Labute approximate surface area is 188 Å². The van der Waals surface area contributed by atoms with Crippen molar-refractivity contribution in [1.82, 2.24) is 0 Å². The first-order valence-electron chi connectivity index (χ1n) is 11.3. The van der Waals surface area contributed by atoms with Crippen molar-refractivity contribution in [2.75, 3.05) is 5.32 Å². The lowest BCUT2D eigenvalue weighted by atomic mass is 9.82. The average molecular weight is 426 g/mol. The van der Waals surface area contributed by atoms with Crippen molar-refractivity contribution >= 4 is 11.7 Å². The maximum Gasteiger partial charge on any atom is 0.359 e. The van der Waals surface area contributed by atoms with Gasteiger partial charge in [-0.05, 0) is 54.4 Å². The summed E-state index contributed by atoms with van der Waals surface area (Å²) < 4.78 is 6.13. The number of aryl methyl sites for hydroxylation is 1. The molecule has 1 aliphatic heterocycles. The lowest BCUT2D eigenvalue weighted by Crippen LogP contribution is -2.40.